The minimum Gasteiger partial charge on any atom is -0.342 e. The van der Waals surface area contributed by atoms with E-state index in [0.717, 1.165) is 16.9 Å². The second-order valence-corrected chi connectivity index (χ2v) is 6.61. The minimum absolute atomic E-state index is 0.0149. The summed E-state index contributed by atoms with van der Waals surface area (Å²) < 4.78 is 0. The fourth-order valence-electron chi connectivity index (χ4n) is 3.25. The van der Waals surface area contributed by atoms with Crippen molar-refractivity contribution in [1.29, 1.82) is 0 Å². The number of carbonyl (C=O) groups excluding carboxylic acids is 2. The maximum atomic E-state index is 12.4. The first-order valence-corrected chi connectivity index (χ1v) is 8.78. The maximum absolute atomic E-state index is 12.4. The molecule has 0 bridgehead atoms. The Balaban J connectivity index is 1.37. The summed E-state index contributed by atoms with van der Waals surface area (Å²) in [6, 6.07) is 12.8. The molecule has 2 aromatic carbocycles. The van der Waals surface area contributed by atoms with Crippen LogP contribution < -0.4 is 5.32 Å². The Morgan fingerprint density at radius 2 is 2.00 bits per heavy atom. The Morgan fingerprint density at radius 3 is 2.68 bits per heavy atom. The number of hydrogen-bond acceptors (Lipinski definition) is 5. The monoisotopic (exact) mass is 379 g/mol. The van der Waals surface area contributed by atoms with Crippen molar-refractivity contribution in [2.24, 2.45) is 0 Å². The smallest absolute Gasteiger partial charge is 0.324 e. The first kappa shape index (κ1) is 17.7. The predicted molar refractivity (Wildman–Crippen MR) is 100 cm³/mol. The number of carbonyl (C=O) groups is 2. The number of imide groups is 1. The van der Waals surface area contributed by atoms with Crippen LogP contribution in [0.4, 0.5) is 10.5 Å². The summed E-state index contributed by atoms with van der Waals surface area (Å²) in [5.74, 6) is 0.495. The number of nitro groups is 1. The van der Waals surface area contributed by atoms with E-state index < -0.39 is 11.0 Å². The third kappa shape index (κ3) is 3.41. The zero-order chi connectivity index (χ0) is 19.7. The van der Waals surface area contributed by atoms with E-state index in [1.165, 1.54) is 17.0 Å². The van der Waals surface area contributed by atoms with Crippen molar-refractivity contribution in [3.8, 4) is 0 Å². The molecule has 0 radical (unpaired) electrons. The standard InChI is InChI=1S/C19H17N5O4/c25-18-10-14(9-17-21-15-3-1-2-4-16(15)22-17)23(18)19(26)20-11-12-5-7-13(8-6-12)24(27)28/h1-8,14H,9-11H2,(H,20,26)(H,21,22)/t14-/m0/s1. The van der Waals surface area contributed by atoms with Crippen LogP contribution in [0.15, 0.2) is 48.5 Å². The molecule has 2 heterocycles. The fourth-order valence-corrected chi connectivity index (χ4v) is 3.25. The molecule has 1 aliphatic rings. The van der Waals surface area contributed by atoms with E-state index in [0.29, 0.717) is 18.4 Å². The predicted octanol–water partition coefficient (Wildman–Crippen LogP) is 2.52. The van der Waals surface area contributed by atoms with Crippen molar-refractivity contribution in [1.82, 2.24) is 20.2 Å². The molecule has 1 saturated heterocycles. The van der Waals surface area contributed by atoms with Gasteiger partial charge in [-0.25, -0.2) is 9.78 Å². The lowest BCUT2D eigenvalue weighted by Crippen LogP contribution is -2.59. The summed E-state index contributed by atoms with van der Waals surface area (Å²) >= 11 is 0. The molecule has 1 aromatic heterocycles. The van der Waals surface area contributed by atoms with Crippen molar-refractivity contribution >= 4 is 28.7 Å². The van der Waals surface area contributed by atoms with Gasteiger partial charge in [0.2, 0.25) is 5.91 Å². The second-order valence-electron chi connectivity index (χ2n) is 6.61. The van der Waals surface area contributed by atoms with Crippen LogP contribution in [-0.4, -0.2) is 37.8 Å². The summed E-state index contributed by atoms with van der Waals surface area (Å²) in [6.45, 7) is 0.179. The number of imidazole rings is 1. The first-order valence-electron chi connectivity index (χ1n) is 8.78. The molecular formula is C19H17N5O4. The summed E-state index contributed by atoms with van der Waals surface area (Å²) in [5, 5.41) is 13.4. The Bertz CT molecular complexity index is 1030. The van der Waals surface area contributed by atoms with Gasteiger partial charge in [0.25, 0.3) is 5.69 Å². The SMILES string of the molecule is O=C1C[C@H](Cc2nc3ccccc3[nH]2)N1C(=O)NCc1ccc([N+](=O)[O-])cc1. The average molecular weight is 379 g/mol. The van der Waals surface area contributed by atoms with E-state index in [9.17, 15) is 19.7 Å². The maximum Gasteiger partial charge on any atom is 0.324 e. The molecule has 0 unspecified atom stereocenters. The zero-order valence-electron chi connectivity index (χ0n) is 14.8. The number of H-pyrrole nitrogens is 1. The van der Waals surface area contributed by atoms with Gasteiger partial charge < -0.3 is 10.3 Å². The lowest BCUT2D eigenvalue weighted by atomic mass is 9.99. The quantitative estimate of drug-likeness (QED) is 0.401. The number of para-hydroxylation sites is 2. The molecule has 0 saturated carbocycles. The van der Waals surface area contributed by atoms with Crippen molar-refractivity contribution in [3.05, 3.63) is 70.0 Å². The number of rotatable bonds is 5. The van der Waals surface area contributed by atoms with Gasteiger partial charge in [-0.3, -0.25) is 19.8 Å². The number of nitrogens with one attached hydrogen (secondary N) is 2. The molecule has 1 aliphatic heterocycles. The van der Waals surface area contributed by atoms with Crippen LogP contribution in [-0.2, 0) is 17.8 Å². The molecule has 2 N–H and O–H groups in total. The zero-order valence-corrected chi connectivity index (χ0v) is 14.8. The molecule has 4 rings (SSSR count). The highest BCUT2D eigenvalue weighted by atomic mass is 16.6. The third-order valence-electron chi connectivity index (χ3n) is 4.72. The molecule has 142 valence electrons. The number of nitro benzene ring substituents is 1. The summed E-state index contributed by atoms with van der Waals surface area (Å²) in [6.07, 6.45) is 0.757. The number of urea groups is 1. The van der Waals surface area contributed by atoms with Crippen LogP contribution in [0.2, 0.25) is 0 Å². The lowest BCUT2D eigenvalue weighted by molar-refractivity contribution is -0.384. The lowest BCUT2D eigenvalue weighted by Gasteiger charge is -2.38. The number of aromatic nitrogens is 2. The number of aromatic amines is 1. The number of likely N-dealkylation sites (tertiary alicyclic amines) is 1. The molecule has 0 aliphatic carbocycles. The van der Waals surface area contributed by atoms with Gasteiger partial charge in [-0.1, -0.05) is 24.3 Å². The van der Waals surface area contributed by atoms with Gasteiger partial charge in [0.05, 0.1) is 22.0 Å². The van der Waals surface area contributed by atoms with Crippen molar-refractivity contribution in [3.63, 3.8) is 0 Å². The molecule has 3 amide bonds. The summed E-state index contributed by atoms with van der Waals surface area (Å²) in [7, 11) is 0. The summed E-state index contributed by atoms with van der Waals surface area (Å²) in [5.41, 5.74) is 2.45. The molecule has 0 spiro atoms. The molecular weight excluding hydrogens is 362 g/mol. The topological polar surface area (TPSA) is 121 Å². The largest absolute Gasteiger partial charge is 0.342 e. The molecule has 9 nitrogen and oxygen atoms in total. The Morgan fingerprint density at radius 1 is 1.25 bits per heavy atom. The van der Waals surface area contributed by atoms with E-state index >= 15 is 0 Å². The molecule has 3 aromatic rings. The molecule has 1 fully saturated rings. The van der Waals surface area contributed by atoms with E-state index in [1.54, 1.807) is 12.1 Å². The van der Waals surface area contributed by atoms with E-state index in [2.05, 4.69) is 15.3 Å². The first-order chi connectivity index (χ1) is 13.5. The number of hydrogen-bond donors (Lipinski definition) is 2. The highest BCUT2D eigenvalue weighted by molar-refractivity contribution is 5.99. The van der Waals surface area contributed by atoms with Gasteiger partial charge in [-0.05, 0) is 17.7 Å². The Hall–Kier alpha value is -3.75. The van der Waals surface area contributed by atoms with Gasteiger partial charge in [0, 0.05) is 31.5 Å². The molecule has 1 atom stereocenters. The van der Waals surface area contributed by atoms with Crippen molar-refractivity contribution in [2.75, 3.05) is 0 Å². The van der Waals surface area contributed by atoms with Crippen molar-refractivity contribution in [2.45, 2.75) is 25.4 Å². The van der Waals surface area contributed by atoms with Gasteiger partial charge in [-0.15, -0.1) is 0 Å². The van der Waals surface area contributed by atoms with Crippen molar-refractivity contribution < 1.29 is 14.5 Å². The number of benzene rings is 2. The minimum atomic E-state index is -0.482. The van der Waals surface area contributed by atoms with Crippen LogP contribution in [0.1, 0.15) is 17.8 Å². The number of amides is 3. The van der Waals surface area contributed by atoms with Gasteiger partial charge >= 0.3 is 6.03 Å². The Kier molecular flexibility index (Phi) is 4.48. The van der Waals surface area contributed by atoms with Crippen LogP contribution in [0.25, 0.3) is 11.0 Å². The van der Waals surface area contributed by atoms with Crippen LogP contribution in [0, 0.1) is 10.1 Å². The third-order valence-corrected chi connectivity index (χ3v) is 4.72. The van der Waals surface area contributed by atoms with Crippen LogP contribution in [0.3, 0.4) is 0 Å². The van der Waals surface area contributed by atoms with E-state index in [-0.39, 0.29) is 24.2 Å². The van der Waals surface area contributed by atoms with E-state index in [4.69, 9.17) is 0 Å². The molecule has 9 heteroatoms. The molecule has 28 heavy (non-hydrogen) atoms. The highest BCUT2D eigenvalue weighted by Crippen LogP contribution is 2.23. The summed E-state index contributed by atoms with van der Waals surface area (Å²) in [4.78, 5) is 43.4. The number of non-ortho nitro benzene ring substituents is 1. The number of nitrogens with zero attached hydrogens (tertiary/aromatic N) is 3. The fraction of sp³-hybridized carbons (Fsp3) is 0.211. The van der Waals surface area contributed by atoms with Gasteiger partial charge in [-0.2, -0.15) is 0 Å². The van der Waals surface area contributed by atoms with Crippen LogP contribution >= 0.6 is 0 Å². The van der Waals surface area contributed by atoms with Gasteiger partial charge in [0.15, 0.2) is 0 Å². The van der Waals surface area contributed by atoms with Gasteiger partial charge in [0.1, 0.15) is 5.82 Å². The Labute approximate surface area is 159 Å². The van der Waals surface area contributed by atoms with E-state index in [1.807, 2.05) is 24.3 Å². The highest BCUT2D eigenvalue weighted by Gasteiger charge is 2.41. The second kappa shape index (κ2) is 7.10. The normalized spacial score (nSPS) is 16.1. The number of β-lactam (4-membered cyclic amide) rings is 1. The number of fused-ring (bicyclic) bond motifs is 1. The van der Waals surface area contributed by atoms with Crippen LogP contribution in [0.5, 0.6) is 0 Å². The average Bonchev–Trinajstić information content (AvgIpc) is 3.08.